The molecule has 0 aromatic heterocycles. The van der Waals surface area contributed by atoms with E-state index in [9.17, 15) is 0 Å². The molecule has 0 atom stereocenters. The molecule has 16 heavy (non-hydrogen) atoms. The van der Waals surface area contributed by atoms with E-state index in [0.717, 1.165) is 0 Å². The predicted octanol–water partition coefficient (Wildman–Crippen LogP) is 3.86. The summed E-state index contributed by atoms with van der Waals surface area (Å²) in [7, 11) is 0. The molecule has 0 bridgehead atoms. The van der Waals surface area contributed by atoms with E-state index in [1.54, 1.807) is 42.5 Å². The first kappa shape index (κ1) is 19.1. The summed E-state index contributed by atoms with van der Waals surface area (Å²) in [5.74, 6) is 0. The first-order valence-corrected chi connectivity index (χ1v) is 4.32. The van der Waals surface area contributed by atoms with Crippen LogP contribution in [0.4, 0.5) is 0 Å². The minimum absolute atomic E-state index is 1.18. The fourth-order valence-corrected chi connectivity index (χ4v) is 0.241. The molecule has 0 aliphatic carbocycles. The first-order valence-electron chi connectivity index (χ1n) is 4.32. The van der Waals surface area contributed by atoms with Crippen LogP contribution in [0.2, 0.25) is 0 Å². The Labute approximate surface area is 98.1 Å². The van der Waals surface area contributed by atoms with Gasteiger partial charge in [0.2, 0.25) is 0 Å². The quantitative estimate of drug-likeness (QED) is 0.526. The van der Waals surface area contributed by atoms with E-state index in [4.69, 9.17) is 10.5 Å². The lowest BCUT2D eigenvalue weighted by Gasteiger charge is -1.64. The van der Waals surface area contributed by atoms with Crippen molar-refractivity contribution in [1.82, 2.24) is 0 Å². The van der Waals surface area contributed by atoms with Crippen LogP contribution in [0.1, 0.15) is 0 Å². The van der Waals surface area contributed by atoms with Crippen LogP contribution in [0.3, 0.4) is 0 Å². The van der Waals surface area contributed by atoms with E-state index in [1.165, 1.54) is 12.2 Å². The molecule has 0 spiro atoms. The van der Waals surface area contributed by atoms with Crippen molar-refractivity contribution >= 4 is 0 Å². The standard InChI is InChI=1S/C7H7N.C4H6.C3H3N/c1-2-3-4-5-6-7-8;1-3-4-2;1-2-3-4/h2-6H,1H2;3-4H,1-2H2;2H,1H2. The predicted molar refractivity (Wildman–Crippen MR) is 70.3 cm³/mol. The van der Waals surface area contributed by atoms with Gasteiger partial charge in [-0.05, 0) is 0 Å². The minimum atomic E-state index is 1.18. The van der Waals surface area contributed by atoms with Gasteiger partial charge in [0.1, 0.15) is 0 Å². The van der Waals surface area contributed by atoms with Crippen LogP contribution in [-0.2, 0) is 0 Å². The summed E-state index contributed by atoms with van der Waals surface area (Å²) >= 11 is 0. The molecular weight excluding hydrogens is 196 g/mol. The normalized spacial score (nSPS) is 7.12. The fourth-order valence-electron chi connectivity index (χ4n) is 0.241. The zero-order valence-corrected chi connectivity index (χ0v) is 9.34. The van der Waals surface area contributed by atoms with Gasteiger partial charge in [0.25, 0.3) is 0 Å². The topological polar surface area (TPSA) is 47.6 Å². The summed E-state index contributed by atoms with van der Waals surface area (Å²) in [6.07, 6.45) is 12.7. The monoisotopic (exact) mass is 212 g/mol. The lowest BCUT2D eigenvalue weighted by atomic mass is 10.4. The minimum Gasteiger partial charge on any atom is -0.193 e. The van der Waals surface area contributed by atoms with Crippen molar-refractivity contribution in [2.24, 2.45) is 0 Å². The summed E-state index contributed by atoms with van der Waals surface area (Å²) in [5.41, 5.74) is 0. The summed E-state index contributed by atoms with van der Waals surface area (Å²) in [6.45, 7) is 13.3. The Kier molecular flexibility index (Phi) is 35.1. The van der Waals surface area contributed by atoms with E-state index in [0.29, 0.717) is 0 Å². The van der Waals surface area contributed by atoms with Gasteiger partial charge in [-0.2, -0.15) is 10.5 Å². The molecule has 0 aliphatic heterocycles. The smallest absolute Gasteiger partial charge is 0.0912 e. The van der Waals surface area contributed by atoms with E-state index in [2.05, 4.69) is 26.3 Å². The van der Waals surface area contributed by atoms with Crippen molar-refractivity contribution in [3.8, 4) is 12.1 Å². The van der Waals surface area contributed by atoms with Gasteiger partial charge in [-0.3, -0.25) is 0 Å². The van der Waals surface area contributed by atoms with Crippen molar-refractivity contribution in [3.63, 3.8) is 0 Å². The van der Waals surface area contributed by atoms with Crippen LogP contribution < -0.4 is 0 Å². The second-order valence-corrected chi connectivity index (χ2v) is 1.91. The van der Waals surface area contributed by atoms with Crippen LogP contribution in [0.5, 0.6) is 0 Å². The maximum Gasteiger partial charge on any atom is 0.0912 e. The zero-order valence-electron chi connectivity index (χ0n) is 9.34. The van der Waals surface area contributed by atoms with Crippen LogP contribution >= 0.6 is 0 Å². The van der Waals surface area contributed by atoms with Crippen molar-refractivity contribution in [3.05, 3.63) is 74.9 Å². The van der Waals surface area contributed by atoms with Gasteiger partial charge in [0.05, 0.1) is 12.1 Å². The molecule has 2 heteroatoms. The molecule has 0 aliphatic rings. The van der Waals surface area contributed by atoms with Gasteiger partial charge in [-0.1, -0.05) is 62.8 Å². The van der Waals surface area contributed by atoms with Crippen molar-refractivity contribution in [2.75, 3.05) is 0 Å². The number of nitriles is 2. The molecule has 82 valence electrons. The molecule has 0 unspecified atom stereocenters. The molecule has 0 radical (unpaired) electrons. The molecule has 2 nitrogen and oxygen atoms in total. The molecule has 0 saturated heterocycles. The molecule has 0 saturated carbocycles. The summed E-state index contributed by atoms with van der Waals surface area (Å²) in [4.78, 5) is 0. The van der Waals surface area contributed by atoms with Gasteiger partial charge in [0, 0.05) is 12.2 Å². The lowest BCUT2D eigenvalue weighted by Crippen LogP contribution is -1.45. The largest absolute Gasteiger partial charge is 0.193 e. The molecule has 0 heterocycles. The Morgan fingerprint density at radius 1 is 0.688 bits per heavy atom. The Morgan fingerprint density at radius 2 is 1.19 bits per heavy atom. The molecule has 0 aromatic carbocycles. The SMILES string of the molecule is C=CC#N.C=CC=C.C=CC=CC=CC#N. The fraction of sp³-hybridized carbons (Fsp3) is 0. The number of rotatable bonds is 3. The molecule has 0 amide bonds. The average Bonchev–Trinajstić information content (AvgIpc) is 2.35. The Balaban J connectivity index is -0.000000179. The van der Waals surface area contributed by atoms with Gasteiger partial charge in [-0.15, -0.1) is 0 Å². The molecular formula is C14H16N2. The van der Waals surface area contributed by atoms with Gasteiger partial charge >= 0.3 is 0 Å². The van der Waals surface area contributed by atoms with Crippen molar-refractivity contribution in [1.29, 1.82) is 10.5 Å². The third-order valence-corrected chi connectivity index (χ3v) is 0.787. The summed E-state index contributed by atoms with van der Waals surface area (Å²) in [6, 6.07) is 3.55. The van der Waals surface area contributed by atoms with Gasteiger partial charge in [-0.25, -0.2) is 0 Å². The Bertz CT molecular complexity index is 314. The Morgan fingerprint density at radius 3 is 1.44 bits per heavy atom. The molecule has 0 fully saturated rings. The second kappa shape index (κ2) is 29.4. The highest BCUT2D eigenvalue weighted by atomic mass is 14.2. The second-order valence-electron chi connectivity index (χ2n) is 1.91. The number of allylic oxidation sites excluding steroid dienone is 8. The summed E-state index contributed by atoms with van der Waals surface area (Å²) < 4.78 is 0. The van der Waals surface area contributed by atoms with Crippen LogP contribution in [-0.4, -0.2) is 0 Å². The van der Waals surface area contributed by atoms with Gasteiger partial charge < -0.3 is 0 Å². The number of hydrogen-bond donors (Lipinski definition) is 0. The van der Waals surface area contributed by atoms with E-state index in [-0.39, 0.29) is 0 Å². The maximum atomic E-state index is 7.97. The highest BCUT2D eigenvalue weighted by Gasteiger charge is 1.56. The number of hydrogen-bond acceptors (Lipinski definition) is 2. The van der Waals surface area contributed by atoms with Crippen LogP contribution in [0.25, 0.3) is 0 Å². The highest BCUT2D eigenvalue weighted by Crippen LogP contribution is 1.74. The van der Waals surface area contributed by atoms with Crippen LogP contribution in [0.15, 0.2) is 74.9 Å². The van der Waals surface area contributed by atoms with E-state index >= 15 is 0 Å². The number of nitrogens with zero attached hydrogens (tertiary/aromatic N) is 2. The highest BCUT2D eigenvalue weighted by molar-refractivity contribution is 5.14. The lowest BCUT2D eigenvalue weighted by molar-refractivity contribution is 1.53. The van der Waals surface area contributed by atoms with Crippen molar-refractivity contribution < 1.29 is 0 Å². The average molecular weight is 212 g/mol. The van der Waals surface area contributed by atoms with Crippen molar-refractivity contribution in [2.45, 2.75) is 0 Å². The zero-order chi connectivity index (χ0) is 13.1. The molecule has 0 rings (SSSR count). The van der Waals surface area contributed by atoms with E-state index < -0.39 is 0 Å². The maximum absolute atomic E-state index is 7.97. The first-order chi connectivity index (χ1) is 7.74. The molecule has 0 aromatic rings. The molecule has 0 N–H and O–H groups in total. The van der Waals surface area contributed by atoms with E-state index in [1.807, 2.05) is 6.07 Å². The third kappa shape index (κ3) is 63.5. The van der Waals surface area contributed by atoms with Crippen LogP contribution in [0, 0.1) is 22.7 Å². The van der Waals surface area contributed by atoms with Gasteiger partial charge in [0.15, 0.2) is 0 Å². The Hall–Kier alpha value is -2.58. The summed E-state index contributed by atoms with van der Waals surface area (Å²) in [5, 5.41) is 15.5. The third-order valence-electron chi connectivity index (χ3n) is 0.787.